The molecule has 1 fully saturated rings. The van der Waals surface area contributed by atoms with E-state index in [-0.39, 0.29) is 24.6 Å². The summed E-state index contributed by atoms with van der Waals surface area (Å²) < 4.78 is 37.0. The number of ether oxygens (including phenoxy) is 2. The highest BCUT2D eigenvalue weighted by atomic mass is 32.2. The first-order chi connectivity index (χ1) is 12.5. The number of benzene rings is 1. The number of sulfonamides is 1. The Morgan fingerprint density at radius 2 is 1.96 bits per heavy atom. The van der Waals surface area contributed by atoms with E-state index in [1.54, 1.807) is 4.90 Å². The molecule has 1 aromatic rings. The Balaban J connectivity index is 1.44. The van der Waals surface area contributed by atoms with Gasteiger partial charge in [0.05, 0.1) is 5.75 Å². The topological polar surface area (TPSA) is 97.0 Å². The molecule has 2 amide bonds. The van der Waals surface area contributed by atoms with Crippen LogP contribution in [0.15, 0.2) is 18.2 Å². The van der Waals surface area contributed by atoms with Gasteiger partial charge in [0.25, 0.3) is 0 Å². The van der Waals surface area contributed by atoms with E-state index in [0.717, 1.165) is 5.56 Å². The fourth-order valence-corrected chi connectivity index (χ4v) is 4.52. The molecule has 1 aromatic carbocycles. The normalized spacial score (nSPS) is 17.3. The molecule has 1 saturated heterocycles. The number of carbonyl (C=O) groups excluding carboxylic acids is 1. The van der Waals surface area contributed by atoms with Crippen molar-refractivity contribution in [2.75, 3.05) is 25.6 Å². The second-order valence-electron chi connectivity index (χ2n) is 6.54. The number of urea groups is 1. The SMILES string of the molecule is CCCS(=O)(=O)NC1CCN(C(=O)NCc2ccc3c(c2)OCO3)CC1. The fourth-order valence-electron chi connectivity index (χ4n) is 3.12. The van der Waals surface area contributed by atoms with E-state index < -0.39 is 10.0 Å². The molecule has 2 N–H and O–H groups in total. The lowest BCUT2D eigenvalue weighted by Gasteiger charge is -2.32. The van der Waals surface area contributed by atoms with Gasteiger partial charge in [0.1, 0.15) is 0 Å². The van der Waals surface area contributed by atoms with Crippen molar-refractivity contribution in [1.82, 2.24) is 14.9 Å². The predicted molar refractivity (Wildman–Crippen MR) is 96.6 cm³/mol. The van der Waals surface area contributed by atoms with Crippen molar-refractivity contribution in [2.45, 2.75) is 38.8 Å². The lowest BCUT2D eigenvalue weighted by molar-refractivity contribution is 0.173. The molecule has 2 aliphatic heterocycles. The summed E-state index contributed by atoms with van der Waals surface area (Å²) in [6, 6.07) is 5.35. The summed E-state index contributed by atoms with van der Waals surface area (Å²) in [7, 11) is -3.21. The van der Waals surface area contributed by atoms with Crippen LogP contribution in [0, 0.1) is 0 Å². The molecular formula is C17H25N3O5S. The average Bonchev–Trinajstić information content (AvgIpc) is 3.07. The summed E-state index contributed by atoms with van der Waals surface area (Å²) in [6.45, 7) is 3.53. The van der Waals surface area contributed by atoms with Gasteiger partial charge in [-0.1, -0.05) is 13.0 Å². The predicted octanol–water partition coefficient (Wildman–Crippen LogP) is 1.42. The van der Waals surface area contributed by atoms with Crippen LogP contribution < -0.4 is 19.5 Å². The molecule has 9 heteroatoms. The Labute approximate surface area is 153 Å². The smallest absolute Gasteiger partial charge is 0.317 e. The molecule has 8 nitrogen and oxygen atoms in total. The average molecular weight is 383 g/mol. The third-order valence-corrected chi connectivity index (χ3v) is 6.12. The van der Waals surface area contributed by atoms with Crippen molar-refractivity contribution in [1.29, 1.82) is 0 Å². The number of fused-ring (bicyclic) bond motifs is 1. The zero-order valence-corrected chi connectivity index (χ0v) is 15.7. The van der Waals surface area contributed by atoms with Gasteiger partial charge >= 0.3 is 6.03 Å². The molecule has 0 bridgehead atoms. The van der Waals surface area contributed by atoms with Crippen LogP contribution in [0.5, 0.6) is 11.5 Å². The van der Waals surface area contributed by atoms with Crippen molar-refractivity contribution in [2.24, 2.45) is 0 Å². The second kappa shape index (κ2) is 8.13. The van der Waals surface area contributed by atoms with Crippen molar-refractivity contribution in [3.63, 3.8) is 0 Å². The maximum absolute atomic E-state index is 12.3. The first kappa shape index (κ1) is 18.8. The first-order valence-electron chi connectivity index (χ1n) is 8.88. The molecule has 3 rings (SSSR count). The number of piperidine rings is 1. The Morgan fingerprint density at radius 3 is 2.69 bits per heavy atom. The molecule has 0 spiro atoms. The molecule has 0 unspecified atom stereocenters. The Morgan fingerprint density at radius 1 is 1.23 bits per heavy atom. The minimum atomic E-state index is -3.21. The van der Waals surface area contributed by atoms with Gasteiger partial charge in [0, 0.05) is 25.7 Å². The van der Waals surface area contributed by atoms with Crippen LogP contribution in [-0.4, -0.2) is 51.0 Å². The summed E-state index contributed by atoms with van der Waals surface area (Å²) in [6.07, 6.45) is 1.84. The van der Waals surface area contributed by atoms with Gasteiger partial charge in [-0.05, 0) is 37.0 Å². The number of nitrogens with one attached hydrogen (secondary N) is 2. The molecule has 26 heavy (non-hydrogen) atoms. The van der Waals surface area contributed by atoms with Crippen LogP contribution in [-0.2, 0) is 16.6 Å². The molecule has 2 aliphatic rings. The zero-order valence-electron chi connectivity index (χ0n) is 14.9. The summed E-state index contributed by atoms with van der Waals surface area (Å²) in [5, 5.41) is 2.90. The first-order valence-corrected chi connectivity index (χ1v) is 10.5. The van der Waals surface area contributed by atoms with Gasteiger partial charge in [0.15, 0.2) is 11.5 Å². The summed E-state index contributed by atoms with van der Waals surface area (Å²) in [5.41, 5.74) is 0.935. The van der Waals surface area contributed by atoms with Gasteiger partial charge in [0.2, 0.25) is 16.8 Å². The van der Waals surface area contributed by atoms with Crippen LogP contribution in [0.4, 0.5) is 4.79 Å². The number of rotatable bonds is 6. The van der Waals surface area contributed by atoms with Crippen molar-refractivity contribution >= 4 is 16.1 Å². The van der Waals surface area contributed by atoms with E-state index in [4.69, 9.17) is 9.47 Å². The number of carbonyl (C=O) groups is 1. The minimum Gasteiger partial charge on any atom is -0.454 e. The molecule has 0 radical (unpaired) electrons. The number of hydrogen-bond acceptors (Lipinski definition) is 5. The van der Waals surface area contributed by atoms with Crippen LogP contribution in [0.1, 0.15) is 31.7 Å². The summed E-state index contributed by atoms with van der Waals surface area (Å²) in [5.74, 6) is 1.55. The summed E-state index contributed by atoms with van der Waals surface area (Å²) >= 11 is 0. The largest absolute Gasteiger partial charge is 0.454 e. The van der Waals surface area contributed by atoms with Gasteiger partial charge in [-0.2, -0.15) is 0 Å². The standard InChI is InChI=1S/C17H25N3O5S/c1-2-9-26(22,23)19-14-5-7-20(8-6-14)17(21)18-11-13-3-4-15-16(10-13)25-12-24-15/h3-4,10,14,19H,2,5-9,11-12H2,1H3,(H,18,21). The van der Waals surface area contributed by atoms with Crippen LogP contribution in [0.25, 0.3) is 0 Å². The number of hydrogen-bond donors (Lipinski definition) is 2. The molecular weight excluding hydrogens is 358 g/mol. The van der Waals surface area contributed by atoms with Gasteiger partial charge in [-0.3, -0.25) is 0 Å². The highest BCUT2D eigenvalue weighted by Crippen LogP contribution is 2.32. The fraction of sp³-hybridized carbons (Fsp3) is 0.588. The third-order valence-electron chi connectivity index (χ3n) is 4.48. The highest BCUT2D eigenvalue weighted by molar-refractivity contribution is 7.89. The number of likely N-dealkylation sites (tertiary alicyclic amines) is 1. The monoisotopic (exact) mass is 383 g/mol. The van der Waals surface area contributed by atoms with E-state index in [9.17, 15) is 13.2 Å². The number of nitrogens with zero attached hydrogens (tertiary/aromatic N) is 1. The molecule has 0 atom stereocenters. The molecule has 0 aromatic heterocycles. The molecule has 2 heterocycles. The van der Waals surface area contributed by atoms with E-state index in [1.165, 1.54) is 0 Å². The lowest BCUT2D eigenvalue weighted by Crippen LogP contribution is -2.49. The highest BCUT2D eigenvalue weighted by Gasteiger charge is 2.25. The minimum absolute atomic E-state index is 0.0931. The lowest BCUT2D eigenvalue weighted by atomic mass is 10.1. The van der Waals surface area contributed by atoms with Gasteiger partial charge in [-0.25, -0.2) is 17.9 Å². The maximum atomic E-state index is 12.3. The Bertz CT molecular complexity index is 745. The number of amides is 2. The van der Waals surface area contributed by atoms with Gasteiger partial charge < -0.3 is 19.7 Å². The zero-order chi connectivity index (χ0) is 18.6. The molecule has 144 valence electrons. The quantitative estimate of drug-likeness (QED) is 0.774. The van der Waals surface area contributed by atoms with Crippen LogP contribution in [0.2, 0.25) is 0 Å². The third kappa shape index (κ3) is 4.79. The van der Waals surface area contributed by atoms with E-state index >= 15 is 0 Å². The Hall–Kier alpha value is -2.00. The molecule has 0 saturated carbocycles. The van der Waals surface area contributed by atoms with Gasteiger partial charge in [-0.15, -0.1) is 0 Å². The van der Waals surface area contributed by atoms with Crippen molar-refractivity contribution < 1.29 is 22.7 Å². The van der Waals surface area contributed by atoms with E-state index in [1.807, 2.05) is 25.1 Å². The molecule has 0 aliphatic carbocycles. The Kier molecular flexibility index (Phi) is 5.87. The van der Waals surface area contributed by atoms with Crippen molar-refractivity contribution in [3.05, 3.63) is 23.8 Å². The van der Waals surface area contributed by atoms with Crippen molar-refractivity contribution in [3.8, 4) is 11.5 Å². The maximum Gasteiger partial charge on any atom is 0.317 e. The van der Waals surface area contributed by atoms with E-state index in [0.29, 0.717) is 50.4 Å². The van der Waals surface area contributed by atoms with Crippen LogP contribution >= 0.6 is 0 Å². The van der Waals surface area contributed by atoms with Crippen LogP contribution in [0.3, 0.4) is 0 Å². The summed E-state index contributed by atoms with van der Waals surface area (Å²) in [4.78, 5) is 14.0. The second-order valence-corrected chi connectivity index (χ2v) is 8.42. The van der Waals surface area contributed by atoms with E-state index in [2.05, 4.69) is 10.0 Å².